The van der Waals surface area contributed by atoms with E-state index >= 15 is 0 Å². The molecule has 2 N–H and O–H groups in total. The second-order valence-electron chi connectivity index (χ2n) is 7.10. The lowest BCUT2D eigenvalue weighted by Crippen LogP contribution is -2.17. The first-order chi connectivity index (χ1) is 15.6. The zero-order valence-corrected chi connectivity index (χ0v) is 17.4. The summed E-state index contributed by atoms with van der Waals surface area (Å²) in [5.74, 6) is -0.476. The SMILES string of the molecule is N#Cc1ccc(-c2c(/C=C/c3cccc(O)c3O)nc3sc4ccccc4n3c2=O)cc1. The van der Waals surface area contributed by atoms with Crippen LogP contribution in [0.1, 0.15) is 16.8 Å². The maximum Gasteiger partial charge on any atom is 0.267 e. The van der Waals surface area contributed by atoms with Gasteiger partial charge in [-0.3, -0.25) is 9.20 Å². The van der Waals surface area contributed by atoms with Gasteiger partial charge in [0.15, 0.2) is 16.5 Å². The van der Waals surface area contributed by atoms with Gasteiger partial charge in [-0.2, -0.15) is 5.26 Å². The van der Waals surface area contributed by atoms with Crippen LogP contribution in [0.3, 0.4) is 0 Å². The number of phenols is 2. The zero-order valence-electron chi connectivity index (χ0n) is 16.6. The molecule has 0 atom stereocenters. The number of aromatic nitrogens is 2. The normalized spacial score (nSPS) is 11.3. The molecule has 0 spiro atoms. The van der Waals surface area contributed by atoms with Gasteiger partial charge in [0.05, 0.1) is 33.1 Å². The van der Waals surface area contributed by atoms with Crippen LogP contribution < -0.4 is 5.56 Å². The molecule has 3 aromatic carbocycles. The molecule has 6 nitrogen and oxygen atoms in total. The lowest BCUT2D eigenvalue weighted by Gasteiger charge is -2.07. The lowest BCUT2D eigenvalue weighted by atomic mass is 10.0. The van der Waals surface area contributed by atoms with Gasteiger partial charge < -0.3 is 10.2 Å². The van der Waals surface area contributed by atoms with Gasteiger partial charge >= 0.3 is 0 Å². The van der Waals surface area contributed by atoms with Gasteiger partial charge in [0.1, 0.15) is 0 Å². The van der Waals surface area contributed by atoms with E-state index in [9.17, 15) is 15.0 Å². The average Bonchev–Trinajstić information content (AvgIpc) is 3.19. The Balaban J connectivity index is 1.79. The van der Waals surface area contributed by atoms with Crippen LogP contribution in [-0.4, -0.2) is 19.6 Å². The summed E-state index contributed by atoms with van der Waals surface area (Å²) in [5, 5.41) is 29.0. The Morgan fingerprint density at radius 1 is 0.969 bits per heavy atom. The molecule has 154 valence electrons. The molecule has 0 aliphatic rings. The van der Waals surface area contributed by atoms with Crippen molar-refractivity contribution in [2.45, 2.75) is 0 Å². The molecule has 0 aliphatic carbocycles. The van der Waals surface area contributed by atoms with Gasteiger partial charge in [-0.15, -0.1) is 0 Å². The highest BCUT2D eigenvalue weighted by Gasteiger charge is 2.17. The number of benzene rings is 3. The molecule has 5 rings (SSSR count). The van der Waals surface area contributed by atoms with E-state index in [-0.39, 0.29) is 17.1 Å². The molecule has 0 fully saturated rings. The lowest BCUT2D eigenvalue weighted by molar-refractivity contribution is 0.403. The van der Waals surface area contributed by atoms with Gasteiger partial charge in [-0.05, 0) is 48.0 Å². The third kappa shape index (κ3) is 3.20. The van der Waals surface area contributed by atoms with Crippen LogP contribution >= 0.6 is 11.3 Å². The van der Waals surface area contributed by atoms with E-state index in [2.05, 4.69) is 6.07 Å². The Hall–Kier alpha value is -4.41. The van der Waals surface area contributed by atoms with E-state index in [1.165, 1.54) is 17.4 Å². The van der Waals surface area contributed by atoms with E-state index in [0.717, 1.165) is 10.2 Å². The van der Waals surface area contributed by atoms with Crippen LogP contribution in [0.5, 0.6) is 11.5 Å². The number of phenolic OH excluding ortho intramolecular Hbond substituents is 2. The first kappa shape index (κ1) is 19.5. The van der Waals surface area contributed by atoms with Crippen molar-refractivity contribution in [1.82, 2.24) is 9.38 Å². The summed E-state index contributed by atoms with van der Waals surface area (Å²) in [6.45, 7) is 0. The maximum atomic E-state index is 13.7. The molecule has 2 aromatic heterocycles. The minimum atomic E-state index is -0.247. The molecule has 5 aromatic rings. The fourth-order valence-corrected chi connectivity index (χ4v) is 4.60. The molecule has 0 unspecified atom stereocenters. The molecule has 7 heteroatoms. The summed E-state index contributed by atoms with van der Waals surface area (Å²) in [6, 6.07) is 21.1. The van der Waals surface area contributed by atoms with Crippen LogP contribution in [-0.2, 0) is 0 Å². The van der Waals surface area contributed by atoms with Crippen molar-refractivity contribution in [2.24, 2.45) is 0 Å². The van der Waals surface area contributed by atoms with E-state index in [1.807, 2.05) is 24.3 Å². The Labute approximate surface area is 186 Å². The van der Waals surface area contributed by atoms with E-state index in [1.54, 1.807) is 53.0 Å². The second kappa shape index (κ2) is 7.69. The molecule has 0 saturated carbocycles. The summed E-state index contributed by atoms with van der Waals surface area (Å²) in [7, 11) is 0. The summed E-state index contributed by atoms with van der Waals surface area (Å²) in [4.78, 5) is 18.9. The zero-order chi connectivity index (χ0) is 22.2. The van der Waals surface area contributed by atoms with Crippen LogP contribution in [0.2, 0.25) is 0 Å². The van der Waals surface area contributed by atoms with Gasteiger partial charge in [0, 0.05) is 5.56 Å². The van der Waals surface area contributed by atoms with Crippen molar-refractivity contribution in [3.63, 3.8) is 0 Å². The number of rotatable bonds is 3. The van der Waals surface area contributed by atoms with Gasteiger partial charge in [0.2, 0.25) is 0 Å². The number of thiazole rings is 1. The van der Waals surface area contributed by atoms with Crippen LogP contribution in [0.15, 0.2) is 71.5 Å². The number of nitrogens with zero attached hydrogens (tertiary/aromatic N) is 3. The number of nitriles is 1. The first-order valence-corrected chi connectivity index (χ1v) is 10.5. The molecule has 0 bridgehead atoms. The number of para-hydroxylation sites is 2. The van der Waals surface area contributed by atoms with Crippen LogP contribution in [0, 0.1) is 11.3 Å². The predicted molar refractivity (Wildman–Crippen MR) is 126 cm³/mol. The minimum Gasteiger partial charge on any atom is -0.504 e. The van der Waals surface area contributed by atoms with Crippen LogP contribution in [0.25, 0.3) is 38.5 Å². The highest BCUT2D eigenvalue weighted by molar-refractivity contribution is 7.23. The number of fused-ring (bicyclic) bond motifs is 3. The average molecular weight is 437 g/mol. The topological polar surface area (TPSA) is 98.6 Å². The Morgan fingerprint density at radius 2 is 1.75 bits per heavy atom. The largest absolute Gasteiger partial charge is 0.504 e. The Kier molecular flexibility index (Phi) is 4.70. The summed E-state index contributed by atoms with van der Waals surface area (Å²) in [5.41, 5.74) is 2.88. The van der Waals surface area contributed by atoms with E-state index in [4.69, 9.17) is 10.2 Å². The third-order valence-electron chi connectivity index (χ3n) is 5.16. The van der Waals surface area contributed by atoms with Crippen molar-refractivity contribution in [2.75, 3.05) is 0 Å². The Morgan fingerprint density at radius 3 is 2.53 bits per heavy atom. The quantitative estimate of drug-likeness (QED) is 0.386. The van der Waals surface area contributed by atoms with Crippen molar-refractivity contribution in [3.05, 3.63) is 93.9 Å². The van der Waals surface area contributed by atoms with Crippen molar-refractivity contribution >= 4 is 38.7 Å². The molecule has 0 amide bonds. The minimum absolute atomic E-state index is 0.225. The van der Waals surface area contributed by atoms with Gasteiger partial charge in [0.25, 0.3) is 5.56 Å². The Bertz CT molecular complexity index is 1620. The molecule has 0 radical (unpaired) electrons. The second-order valence-corrected chi connectivity index (χ2v) is 8.11. The monoisotopic (exact) mass is 437 g/mol. The summed E-state index contributed by atoms with van der Waals surface area (Å²) in [6.07, 6.45) is 3.25. The smallest absolute Gasteiger partial charge is 0.267 e. The maximum absolute atomic E-state index is 13.7. The van der Waals surface area contributed by atoms with Crippen molar-refractivity contribution < 1.29 is 10.2 Å². The van der Waals surface area contributed by atoms with E-state index < -0.39 is 0 Å². The highest BCUT2D eigenvalue weighted by Crippen LogP contribution is 2.31. The molecule has 0 aliphatic heterocycles. The number of hydrogen-bond acceptors (Lipinski definition) is 6. The fraction of sp³-hybridized carbons (Fsp3) is 0. The third-order valence-corrected chi connectivity index (χ3v) is 6.18. The summed E-state index contributed by atoms with van der Waals surface area (Å²) >= 11 is 1.41. The highest BCUT2D eigenvalue weighted by atomic mass is 32.1. The number of hydrogen-bond donors (Lipinski definition) is 2. The standard InChI is InChI=1S/C25H15N3O3S/c26-14-15-8-10-16(11-9-15)22-18(13-12-17-4-3-6-20(29)23(17)30)27-25-28(24(22)31)19-5-1-2-7-21(19)32-25/h1-13,29-30H/b13-12+. The van der Waals surface area contributed by atoms with Crippen molar-refractivity contribution in [3.8, 4) is 28.7 Å². The van der Waals surface area contributed by atoms with Gasteiger partial charge in [-0.1, -0.05) is 47.7 Å². The summed E-state index contributed by atoms with van der Waals surface area (Å²) < 4.78 is 2.53. The molecule has 32 heavy (non-hydrogen) atoms. The predicted octanol–water partition coefficient (Wildman–Crippen LogP) is 5.03. The van der Waals surface area contributed by atoms with Gasteiger partial charge in [-0.25, -0.2) is 4.98 Å². The molecular formula is C25H15N3O3S. The first-order valence-electron chi connectivity index (χ1n) is 9.70. The number of aromatic hydroxyl groups is 2. The molecule has 2 heterocycles. The fourth-order valence-electron chi connectivity index (χ4n) is 3.58. The molecular weight excluding hydrogens is 422 g/mol. The van der Waals surface area contributed by atoms with Crippen LogP contribution in [0.4, 0.5) is 0 Å². The van der Waals surface area contributed by atoms with E-state index in [0.29, 0.717) is 32.9 Å². The molecule has 0 saturated heterocycles. The van der Waals surface area contributed by atoms with Crippen molar-refractivity contribution in [1.29, 1.82) is 5.26 Å².